The summed E-state index contributed by atoms with van der Waals surface area (Å²) < 4.78 is 5.81. The largest absolute Gasteiger partial charge is 0.491 e. The fourth-order valence-electron chi connectivity index (χ4n) is 3.56. The van der Waals surface area contributed by atoms with Gasteiger partial charge in [0.15, 0.2) is 0 Å². The van der Waals surface area contributed by atoms with Gasteiger partial charge in [0.2, 0.25) is 5.91 Å². The number of nitrogens with zero attached hydrogens (tertiary/aromatic N) is 1. The van der Waals surface area contributed by atoms with E-state index in [9.17, 15) is 4.79 Å². The van der Waals surface area contributed by atoms with Crippen molar-refractivity contribution in [3.05, 3.63) is 64.2 Å². The molecule has 4 nitrogen and oxygen atoms in total. The van der Waals surface area contributed by atoms with Crippen molar-refractivity contribution in [2.75, 3.05) is 26.2 Å². The summed E-state index contributed by atoms with van der Waals surface area (Å²) in [5.41, 5.74) is 3.44. The standard InChI is InChI=1S/C23H29ClN2O2/c1-17-7-8-18(2)22(15-17)28-14-11-25-23(27)19-9-12-26(13-10-19)16-20-5-3-4-6-21(20)24/h3-8,15,19H,9-14,16H2,1-2H3,(H,25,27). The average molecular weight is 401 g/mol. The van der Waals surface area contributed by atoms with Crippen LogP contribution in [0.15, 0.2) is 42.5 Å². The minimum Gasteiger partial charge on any atom is -0.491 e. The summed E-state index contributed by atoms with van der Waals surface area (Å²) in [7, 11) is 0. The Bertz CT molecular complexity index is 801. The molecule has 5 heteroatoms. The molecule has 1 aliphatic rings. The molecule has 150 valence electrons. The first kappa shape index (κ1) is 20.7. The van der Waals surface area contributed by atoms with Gasteiger partial charge in [0.05, 0.1) is 6.54 Å². The van der Waals surface area contributed by atoms with Gasteiger partial charge in [0, 0.05) is 17.5 Å². The van der Waals surface area contributed by atoms with Crippen molar-refractivity contribution in [3.63, 3.8) is 0 Å². The third-order valence-corrected chi connectivity index (χ3v) is 5.68. The van der Waals surface area contributed by atoms with Crippen LogP contribution in [0.1, 0.15) is 29.5 Å². The van der Waals surface area contributed by atoms with E-state index in [0.717, 1.165) is 54.4 Å². The van der Waals surface area contributed by atoms with Crippen LogP contribution in [0, 0.1) is 19.8 Å². The van der Waals surface area contributed by atoms with Crippen LogP contribution in [0.3, 0.4) is 0 Å². The first-order valence-electron chi connectivity index (χ1n) is 9.96. The molecule has 1 amide bonds. The number of likely N-dealkylation sites (tertiary alicyclic amines) is 1. The maximum atomic E-state index is 12.4. The number of piperidine rings is 1. The molecule has 2 aromatic carbocycles. The normalized spacial score (nSPS) is 15.4. The molecular weight excluding hydrogens is 372 g/mol. The summed E-state index contributed by atoms with van der Waals surface area (Å²) in [4.78, 5) is 14.8. The second-order valence-corrected chi connectivity index (χ2v) is 7.96. The molecule has 2 aromatic rings. The topological polar surface area (TPSA) is 41.6 Å². The van der Waals surface area contributed by atoms with Crippen molar-refractivity contribution in [2.45, 2.75) is 33.2 Å². The zero-order valence-corrected chi connectivity index (χ0v) is 17.5. The second-order valence-electron chi connectivity index (χ2n) is 7.55. The summed E-state index contributed by atoms with van der Waals surface area (Å²) >= 11 is 6.25. The number of halogens is 1. The number of hydrogen-bond donors (Lipinski definition) is 1. The molecular formula is C23H29ClN2O2. The van der Waals surface area contributed by atoms with Crippen LogP contribution in [-0.4, -0.2) is 37.0 Å². The molecule has 0 aliphatic carbocycles. The SMILES string of the molecule is Cc1ccc(C)c(OCCNC(=O)C2CCN(Cc3ccccc3Cl)CC2)c1. The van der Waals surface area contributed by atoms with Crippen molar-refractivity contribution in [1.82, 2.24) is 10.2 Å². The Morgan fingerprint density at radius 2 is 1.93 bits per heavy atom. The molecule has 1 N–H and O–H groups in total. The van der Waals surface area contributed by atoms with Gasteiger partial charge in [-0.25, -0.2) is 0 Å². The number of hydrogen-bond acceptors (Lipinski definition) is 3. The van der Waals surface area contributed by atoms with Gasteiger partial charge in [0.1, 0.15) is 12.4 Å². The van der Waals surface area contributed by atoms with Crippen molar-refractivity contribution >= 4 is 17.5 Å². The maximum Gasteiger partial charge on any atom is 0.223 e. The smallest absolute Gasteiger partial charge is 0.223 e. The zero-order chi connectivity index (χ0) is 19.9. The summed E-state index contributed by atoms with van der Waals surface area (Å²) in [6.07, 6.45) is 1.77. The number of carbonyl (C=O) groups excluding carboxylic acids is 1. The predicted molar refractivity (Wildman–Crippen MR) is 114 cm³/mol. The van der Waals surface area contributed by atoms with Crippen LogP contribution < -0.4 is 10.1 Å². The highest BCUT2D eigenvalue weighted by Gasteiger charge is 2.25. The minimum atomic E-state index is 0.0863. The lowest BCUT2D eigenvalue weighted by molar-refractivity contribution is -0.126. The van der Waals surface area contributed by atoms with Gasteiger partial charge in [-0.1, -0.05) is 41.9 Å². The molecule has 1 heterocycles. The molecule has 0 saturated carbocycles. The predicted octanol–water partition coefficient (Wildman–Crippen LogP) is 4.36. The van der Waals surface area contributed by atoms with Gasteiger partial charge in [0.25, 0.3) is 0 Å². The van der Waals surface area contributed by atoms with E-state index in [1.54, 1.807) is 0 Å². The van der Waals surface area contributed by atoms with E-state index in [1.807, 2.05) is 38.1 Å². The fourth-order valence-corrected chi connectivity index (χ4v) is 3.76. The average Bonchev–Trinajstić information content (AvgIpc) is 2.70. The molecule has 1 fully saturated rings. The van der Waals surface area contributed by atoms with Gasteiger partial charge >= 0.3 is 0 Å². The molecule has 0 aromatic heterocycles. The van der Waals surface area contributed by atoms with E-state index < -0.39 is 0 Å². The number of benzene rings is 2. The van der Waals surface area contributed by atoms with Gasteiger partial charge in [-0.2, -0.15) is 0 Å². The summed E-state index contributed by atoms with van der Waals surface area (Å²) in [5.74, 6) is 1.12. The highest BCUT2D eigenvalue weighted by Crippen LogP contribution is 2.22. The Kier molecular flexibility index (Phi) is 7.35. The number of ether oxygens (including phenoxy) is 1. The highest BCUT2D eigenvalue weighted by atomic mass is 35.5. The summed E-state index contributed by atoms with van der Waals surface area (Å²) in [5, 5.41) is 3.84. The number of carbonyl (C=O) groups is 1. The van der Waals surface area contributed by atoms with Gasteiger partial charge in [-0.3, -0.25) is 9.69 Å². The van der Waals surface area contributed by atoms with E-state index >= 15 is 0 Å². The van der Waals surface area contributed by atoms with Crippen molar-refractivity contribution in [2.24, 2.45) is 5.92 Å². The van der Waals surface area contributed by atoms with Crippen LogP contribution in [0.25, 0.3) is 0 Å². The molecule has 0 radical (unpaired) electrons. The molecule has 3 rings (SSSR count). The first-order valence-corrected chi connectivity index (χ1v) is 10.3. The van der Waals surface area contributed by atoms with Crippen LogP contribution in [0.4, 0.5) is 0 Å². The Morgan fingerprint density at radius 1 is 1.18 bits per heavy atom. The number of amides is 1. The number of nitrogens with one attached hydrogen (secondary N) is 1. The van der Waals surface area contributed by atoms with Crippen molar-refractivity contribution < 1.29 is 9.53 Å². The lowest BCUT2D eigenvalue weighted by atomic mass is 9.95. The third-order valence-electron chi connectivity index (χ3n) is 5.31. The fraction of sp³-hybridized carbons (Fsp3) is 0.435. The third kappa shape index (κ3) is 5.73. The van der Waals surface area contributed by atoms with Gasteiger partial charge in [-0.15, -0.1) is 0 Å². The van der Waals surface area contributed by atoms with Crippen LogP contribution in [-0.2, 0) is 11.3 Å². The van der Waals surface area contributed by atoms with E-state index in [1.165, 1.54) is 5.56 Å². The van der Waals surface area contributed by atoms with E-state index in [4.69, 9.17) is 16.3 Å². The van der Waals surface area contributed by atoms with Crippen LogP contribution in [0.5, 0.6) is 5.75 Å². The molecule has 0 spiro atoms. The molecule has 28 heavy (non-hydrogen) atoms. The Morgan fingerprint density at radius 3 is 2.68 bits per heavy atom. The molecule has 1 aliphatic heterocycles. The lowest BCUT2D eigenvalue weighted by Gasteiger charge is -2.31. The van der Waals surface area contributed by atoms with E-state index in [0.29, 0.717) is 13.2 Å². The zero-order valence-electron chi connectivity index (χ0n) is 16.7. The number of aryl methyl sites for hydroxylation is 2. The lowest BCUT2D eigenvalue weighted by Crippen LogP contribution is -2.41. The second kappa shape index (κ2) is 9.94. The molecule has 0 atom stereocenters. The van der Waals surface area contributed by atoms with E-state index in [-0.39, 0.29) is 11.8 Å². The van der Waals surface area contributed by atoms with Crippen molar-refractivity contribution in [1.29, 1.82) is 0 Å². The molecule has 1 saturated heterocycles. The highest BCUT2D eigenvalue weighted by molar-refractivity contribution is 6.31. The quantitative estimate of drug-likeness (QED) is 0.702. The van der Waals surface area contributed by atoms with Gasteiger partial charge in [-0.05, 0) is 68.6 Å². The van der Waals surface area contributed by atoms with Crippen LogP contribution in [0.2, 0.25) is 5.02 Å². The minimum absolute atomic E-state index is 0.0863. The number of rotatable bonds is 7. The Balaban J connectivity index is 1.37. The Hall–Kier alpha value is -2.04. The van der Waals surface area contributed by atoms with Gasteiger partial charge < -0.3 is 10.1 Å². The molecule has 0 unspecified atom stereocenters. The van der Waals surface area contributed by atoms with Crippen molar-refractivity contribution in [3.8, 4) is 5.75 Å². The van der Waals surface area contributed by atoms with Crippen LogP contribution >= 0.6 is 11.6 Å². The first-order chi connectivity index (χ1) is 13.5. The summed E-state index contributed by atoms with van der Waals surface area (Å²) in [6.45, 7) is 7.78. The monoisotopic (exact) mass is 400 g/mol. The van der Waals surface area contributed by atoms with E-state index in [2.05, 4.69) is 28.4 Å². The summed E-state index contributed by atoms with van der Waals surface area (Å²) in [6, 6.07) is 14.1. The Labute approximate surface area is 172 Å². The maximum absolute atomic E-state index is 12.4. The molecule has 0 bridgehead atoms.